The summed E-state index contributed by atoms with van der Waals surface area (Å²) in [6, 6.07) is 93.5. The van der Waals surface area contributed by atoms with E-state index in [0.717, 1.165) is 94.9 Å². The van der Waals surface area contributed by atoms with Gasteiger partial charge >= 0.3 is 0 Å². The molecule has 10 aromatic carbocycles. The summed E-state index contributed by atoms with van der Waals surface area (Å²) in [4.78, 5) is 9.68. The molecule has 0 fully saturated rings. The number of hydrogen-bond acceptors (Lipinski definition) is 6. The number of benzene rings is 10. The molecule has 4 aliphatic rings. The monoisotopic (exact) mass is 1920 g/mol. The Bertz CT molecular complexity index is 3980. The van der Waals surface area contributed by atoms with Gasteiger partial charge in [-0.2, -0.15) is 0 Å². The van der Waals surface area contributed by atoms with E-state index in [1.165, 1.54) is 95.6 Å². The second-order valence-electron chi connectivity index (χ2n) is 35.6. The predicted octanol–water partition coefficient (Wildman–Crippen LogP) is 45.2. The van der Waals surface area contributed by atoms with Crippen LogP contribution < -0.4 is 4.74 Å². The fourth-order valence-electron chi connectivity index (χ4n) is 9.94. The maximum absolute atomic E-state index is 5.30. The average molecular weight is 1920 g/mol. The lowest BCUT2D eigenvalue weighted by molar-refractivity contribution is 0.357. The second-order valence-corrected chi connectivity index (χ2v) is 37.7. The molecule has 0 unspecified atom stereocenters. The Morgan fingerprint density at radius 2 is 0.623 bits per heavy atom. The summed E-state index contributed by atoms with van der Waals surface area (Å²) >= 11 is 3.76. The summed E-state index contributed by atoms with van der Waals surface area (Å²) in [5.41, 5.74) is 10.9. The number of allylic oxidation sites excluding steroid dienone is 1. The first-order valence-corrected chi connectivity index (χ1v) is 55.2. The van der Waals surface area contributed by atoms with Crippen LogP contribution in [0.2, 0.25) is 0 Å². The molecule has 14 aromatic rings. The van der Waals surface area contributed by atoms with Gasteiger partial charge in [0.2, 0.25) is 0 Å². The van der Waals surface area contributed by atoms with Crippen molar-refractivity contribution < 1.29 is 9.15 Å². The van der Waals surface area contributed by atoms with Crippen LogP contribution in [0.3, 0.4) is 0 Å². The quantitative estimate of drug-likeness (QED) is 0.151. The van der Waals surface area contributed by atoms with Gasteiger partial charge in [-0.25, -0.2) is 0 Å². The Morgan fingerprint density at radius 1 is 0.275 bits per heavy atom. The third-order valence-corrected chi connectivity index (χ3v) is 16.4. The van der Waals surface area contributed by atoms with E-state index in [9.17, 15) is 0 Å². The van der Waals surface area contributed by atoms with Crippen LogP contribution in [-0.4, -0.2) is 22.3 Å². The molecule has 0 amide bonds. The number of rotatable bonds is 0. The lowest BCUT2D eigenvalue weighted by Crippen LogP contribution is -1.85. The highest BCUT2D eigenvalue weighted by molar-refractivity contribution is 7.99. The molecule has 0 bridgehead atoms. The van der Waals surface area contributed by atoms with Gasteiger partial charge < -0.3 is 9.15 Å². The van der Waals surface area contributed by atoms with Crippen LogP contribution in [0.15, 0.2) is 319 Å². The number of ether oxygens (including phenoxy) is 1. The fourth-order valence-corrected chi connectivity index (χ4v) is 11.8. The highest BCUT2D eigenvalue weighted by Crippen LogP contribution is 2.30. The lowest BCUT2D eigenvalue weighted by Gasteiger charge is -1.93. The molecular formula is C132H212N2O2S2. The molecule has 774 valence electrons. The summed E-state index contributed by atoms with van der Waals surface area (Å²) in [7, 11) is 0. The molecule has 2 aliphatic carbocycles. The number of aromatic nitrogens is 2. The molecule has 138 heavy (non-hydrogen) atoms. The Morgan fingerprint density at radius 3 is 1.04 bits per heavy atom. The summed E-state index contributed by atoms with van der Waals surface area (Å²) in [5, 5.41) is 10.9. The molecule has 4 aromatic heterocycles. The van der Waals surface area contributed by atoms with E-state index in [1.807, 2.05) is 246 Å². The smallest absolute Gasteiger partial charge is 0.133 e. The van der Waals surface area contributed by atoms with Gasteiger partial charge in [-0.05, 0) is 206 Å². The molecule has 6 heterocycles. The average Bonchev–Trinajstić information content (AvgIpc) is 1.84. The number of thiophene rings is 1. The largest absolute Gasteiger partial charge is 0.493 e. The number of hydrogen-bond donors (Lipinski definition) is 0. The molecule has 0 saturated heterocycles. The van der Waals surface area contributed by atoms with Crippen molar-refractivity contribution >= 4 is 82.7 Å². The molecule has 0 N–H and O–H groups in total. The van der Waals surface area contributed by atoms with Gasteiger partial charge in [0, 0.05) is 51.1 Å². The predicted molar refractivity (Wildman–Crippen MR) is 646 cm³/mol. The van der Waals surface area contributed by atoms with Gasteiger partial charge in [-0.3, -0.25) is 9.97 Å². The van der Waals surface area contributed by atoms with Crippen LogP contribution in [0.5, 0.6) is 5.75 Å². The van der Waals surface area contributed by atoms with E-state index >= 15 is 0 Å². The van der Waals surface area contributed by atoms with Crippen LogP contribution >= 0.6 is 23.1 Å². The summed E-state index contributed by atoms with van der Waals surface area (Å²) in [5.74, 6) is 9.84. The van der Waals surface area contributed by atoms with Crippen LogP contribution in [0.1, 0.15) is 351 Å². The van der Waals surface area contributed by atoms with Gasteiger partial charge in [-0.1, -0.05) is 542 Å². The zero-order chi connectivity index (χ0) is 107. The van der Waals surface area contributed by atoms with Crippen LogP contribution in [0.25, 0.3) is 59.6 Å². The number of thioether (sulfide) groups is 1. The van der Waals surface area contributed by atoms with Crippen molar-refractivity contribution in [3.05, 3.63) is 343 Å². The molecule has 4 nitrogen and oxygen atoms in total. The van der Waals surface area contributed by atoms with Crippen molar-refractivity contribution in [3.8, 4) is 5.75 Å². The van der Waals surface area contributed by atoms with Crippen LogP contribution in [0, 0.1) is 53.3 Å². The topological polar surface area (TPSA) is 48.2 Å². The van der Waals surface area contributed by atoms with Crippen molar-refractivity contribution in [2.24, 2.45) is 53.3 Å². The van der Waals surface area contributed by atoms with Gasteiger partial charge in [0.25, 0.3) is 0 Å². The zero-order valence-corrected chi connectivity index (χ0v) is 99.0. The third-order valence-electron chi connectivity index (χ3n) is 14.3. The highest BCUT2D eigenvalue weighted by Gasteiger charge is 2.10. The number of nitrogens with zero attached hydrogens (tertiary/aromatic N) is 2. The Labute approximate surface area is 864 Å². The Hall–Kier alpha value is -9.33. The van der Waals surface area contributed by atoms with Gasteiger partial charge in [0.15, 0.2) is 0 Å². The number of para-hydroxylation sites is 3. The maximum Gasteiger partial charge on any atom is 0.133 e. The lowest BCUT2D eigenvalue weighted by atomic mass is 10.1. The van der Waals surface area contributed by atoms with E-state index in [0.29, 0.717) is 0 Å². The van der Waals surface area contributed by atoms with Gasteiger partial charge in [-0.15, -0.1) is 23.1 Å². The molecule has 0 atom stereocenters. The number of pyridine rings is 2. The van der Waals surface area contributed by atoms with Crippen LogP contribution in [-0.2, 0) is 32.1 Å². The minimum absolute atomic E-state index is 0.833. The summed E-state index contributed by atoms with van der Waals surface area (Å²) < 4.78 is 11.8. The van der Waals surface area contributed by atoms with E-state index in [-0.39, 0.29) is 0 Å². The first-order valence-electron chi connectivity index (χ1n) is 53.4. The fraction of sp³-hybridized carbons (Fsp3) is 0.470. The van der Waals surface area contributed by atoms with Gasteiger partial charge in [0.05, 0.1) is 18.4 Å². The first kappa shape index (κ1) is 146. The normalized spacial score (nSPS) is 10.1. The molecule has 2 aliphatic heterocycles. The molecule has 0 radical (unpaired) electrons. The van der Waals surface area contributed by atoms with E-state index in [2.05, 4.69) is 396 Å². The van der Waals surface area contributed by atoms with Crippen molar-refractivity contribution in [3.63, 3.8) is 0 Å². The SMILES string of the molecule is C1=Cc2ccccc2C1.CC.CC.CC.CC.CC.CC.CC.CC.CC.CC(C)C.CC(C)C.CC(C)C.CC(C)C.CC(C)C.CC(C)C.CC(C)C.CC(C)C.CC(C)C.c1ccc2c(c1)CCC2.c1ccc2c(c1)CCO2.c1ccc2c(c1)CCS2.c1ccc2ccccc2c1.c1ccc2cnccc2c1.c1ccc2ncccc2c1.c1ccc2occc2c1.c1ccc2sccc2c1. The standard InChI is InChI=1S/C10H8.2C9H7N.C9H10.C9H8.C8H8O.C8H6O.C8H8S.C8H6S.9C4H10.9C2H6/c1-2-6-10-8-4-3-7-9(10)5-1;1-2-6-9-8(4-1)5-3-7-10-9;1-2-4-9-7-10-6-5-8(9)3-1;2*1-2-5-9-7-3-6-8(9)4-1;4*1-2-4-8-7(3-1)5-6-9-8;9*1-4(2)3;9*1-2/h1-8H;2*1-7H;1-2,4-5H,3,6-7H2;1-6H,7H2;1-4H,5-6H2;1-6H;1-4H,5-6H2;1-6H;9*4H,1-3H3;9*1-2H3. The molecule has 6 heteroatoms. The van der Waals surface area contributed by atoms with Crippen molar-refractivity contribution in [1.29, 1.82) is 0 Å². The van der Waals surface area contributed by atoms with E-state index in [1.54, 1.807) is 28.7 Å². The first-order chi connectivity index (χ1) is 66.3. The number of fused-ring (bicyclic) bond motifs is 9. The third kappa shape index (κ3) is 93.0. The molecule has 0 saturated carbocycles. The second kappa shape index (κ2) is 108. The minimum atomic E-state index is 0.833. The van der Waals surface area contributed by atoms with Crippen LogP contribution in [0.4, 0.5) is 0 Å². The van der Waals surface area contributed by atoms with Gasteiger partial charge in [0.1, 0.15) is 11.3 Å². The molecular weight excluding hydrogens is 1710 g/mol. The van der Waals surface area contributed by atoms with E-state index in [4.69, 9.17) is 9.15 Å². The Balaban J connectivity index is -0.000000183. The molecule has 18 rings (SSSR count). The maximum atomic E-state index is 5.30. The van der Waals surface area contributed by atoms with Crippen molar-refractivity contribution in [2.45, 2.75) is 355 Å². The summed E-state index contributed by atoms with van der Waals surface area (Å²) in [6.45, 7) is 95.4. The number of furan rings is 1. The van der Waals surface area contributed by atoms with E-state index < -0.39 is 0 Å². The highest BCUT2D eigenvalue weighted by atomic mass is 32.2. The number of aryl methyl sites for hydroxylation is 3. The minimum Gasteiger partial charge on any atom is -0.493 e. The summed E-state index contributed by atoms with van der Waals surface area (Å²) in [6.07, 6.45) is 19.0. The zero-order valence-electron chi connectivity index (χ0n) is 97.4. The Kier molecular flexibility index (Phi) is 115. The van der Waals surface area contributed by atoms with Crippen molar-refractivity contribution in [1.82, 2.24) is 9.97 Å². The molecule has 0 spiro atoms. The van der Waals surface area contributed by atoms with Crippen molar-refractivity contribution in [2.75, 3.05) is 12.4 Å².